The molecule has 4 nitrogen and oxygen atoms in total. The van der Waals surface area contributed by atoms with Gasteiger partial charge in [-0.15, -0.1) is 0 Å². The summed E-state index contributed by atoms with van der Waals surface area (Å²) in [4.78, 5) is 4.60. The number of nitrogens with zero attached hydrogens (tertiary/aromatic N) is 3. The van der Waals surface area contributed by atoms with E-state index in [0.29, 0.717) is 0 Å². The summed E-state index contributed by atoms with van der Waals surface area (Å²) in [5.74, 6) is 0. The second-order valence-corrected chi connectivity index (χ2v) is 8.09. The Morgan fingerprint density at radius 3 is 2.47 bits per heavy atom. The van der Waals surface area contributed by atoms with Gasteiger partial charge in [0, 0.05) is 25.4 Å². The van der Waals surface area contributed by atoms with Crippen molar-refractivity contribution in [2.24, 2.45) is 5.10 Å². The Balaban J connectivity index is 0.00000158. The summed E-state index contributed by atoms with van der Waals surface area (Å²) in [6, 6.07) is 19.0. The molecule has 4 rings (SSSR count). The number of fused-ring (bicyclic) bond motifs is 1. The van der Waals surface area contributed by atoms with E-state index in [-0.39, 0.29) is 0 Å². The minimum atomic E-state index is 0.852. The molecule has 0 bridgehead atoms. The Bertz CT molecular complexity index is 1260. The fraction of sp³-hybridized carbons (Fsp3) is 0.200. The third-order valence-electron chi connectivity index (χ3n) is 5.75. The van der Waals surface area contributed by atoms with E-state index in [9.17, 15) is 0 Å². The van der Waals surface area contributed by atoms with Crippen molar-refractivity contribution in [2.45, 2.75) is 33.6 Å². The van der Waals surface area contributed by atoms with E-state index in [2.05, 4.69) is 104 Å². The molecule has 4 heteroatoms. The molecule has 1 heterocycles. The molecule has 0 fully saturated rings. The molecule has 1 aromatic heterocycles. The Morgan fingerprint density at radius 2 is 1.79 bits per heavy atom. The molecule has 1 aliphatic rings. The maximum atomic E-state index is 7.00. The van der Waals surface area contributed by atoms with Crippen molar-refractivity contribution in [3.63, 3.8) is 0 Å². The molecule has 34 heavy (non-hydrogen) atoms. The minimum Gasteiger partial charge on any atom is -0.400 e. The lowest BCUT2D eigenvalue weighted by Crippen LogP contribution is -2.18. The number of pyridine rings is 1. The van der Waals surface area contributed by atoms with Crippen LogP contribution in [-0.4, -0.2) is 23.9 Å². The van der Waals surface area contributed by atoms with Gasteiger partial charge in [-0.25, -0.2) is 5.01 Å². The highest BCUT2D eigenvalue weighted by atomic mass is 16.2. The first-order chi connectivity index (χ1) is 16.6. The van der Waals surface area contributed by atoms with Crippen LogP contribution in [0.1, 0.15) is 38.3 Å². The Kier molecular flexibility index (Phi) is 8.72. The van der Waals surface area contributed by atoms with Crippen molar-refractivity contribution < 1.29 is 5.11 Å². The fourth-order valence-electron chi connectivity index (χ4n) is 4.12. The molecule has 0 radical (unpaired) electrons. The van der Waals surface area contributed by atoms with Gasteiger partial charge in [0.2, 0.25) is 0 Å². The number of aromatic nitrogens is 1. The number of aliphatic hydroxyl groups excluding tert-OH is 1. The van der Waals surface area contributed by atoms with Crippen molar-refractivity contribution >= 4 is 28.9 Å². The zero-order valence-corrected chi connectivity index (χ0v) is 20.5. The highest BCUT2D eigenvalue weighted by Gasteiger charge is 2.19. The quantitative estimate of drug-likeness (QED) is 0.321. The number of aryl methyl sites for hydroxylation is 1. The van der Waals surface area contributed by atoms with Crippen molar-refractivity contribution in [1.82, 2.24) is 4.98 Å². The normalized spacial score (nSPS) is 12.6. The first kappa shape index (κ1) is 24.9. The molecule has 0 aliphatic heterocycles. The fourth-order valence-corrected chi connectivity index (χ4v) is 4.12. The van der Waals surface area contributed by atoms with E-state index in [4.69, 9.17) is 5.11 Å². The van der Waals surface area contributed by atoms with E-state index in [1.54, 1.807) is 0 Å². The molecule has 1 N–H and O–H groups in total. The molecule has 0 saturated carbocycles. The maximum Gasteiger partial charge on any atom is 0.0761 e. The van der Waals surface area contributed by atoms with Crippen molar-refractivity contribution in [1.29, 1.82) is 0 Å². The van der Waals surface area contributed by atoms with Gasteiger partial charge >= 0.3 is 0 Å². The number of hydrogen-bond acceptors (Lipinski definition) is 4. The van der Waals surface area contributed by atoms with Crippen molar-refractivity contribution in [3.8, 4) is 0 Å². The average molecular weight is 452 g/mol. The van der Waals surface area contributed by atoms with Crippen LogP contribution in [0.25, 0.3) is 16.5 Å². The lowest BCUT2D eigenvalue weighted by atomic mass is 10.0. The van der Waals surface area contributed by atoms with Crippen LogP contribution in [0.4, 0.5) is 5.69 Å². The predicted octanol–water partition coefficient (Wildman–Crippen LogP) is 7.09. The van der Waals surface area contributed by atoms with Crippen LogP contribution in [0, 0.1) is 0 Å². The Morgan fingerprint density at radius 1 is 1.03 bits per heavy atom. The number of allylic oxidation sites excluding steroid dienone is 6. The molecule has 0 atom stereocenters. The molecule has 2 aromatic carbocycles. The van der Waals surface area contributed by atoms with Gasteiger partial charge in [0.1, 0.15) is 0 Å². The maximum absolute atomic E-state index is 7.00. The topological polar surface area (TPSA) is 48.7 Å². The van der Waals surface area contributed by atoms with Crippen LogP contribution in [0.2, 0.25) is 0 Å². The van der Waals surface area contributed by atoms with E-state index >= 15 is 0 Å². The van der Waals surface area contributed by atoms with E-state index in [1.807, 2.05) is 23.3 Å². The van der Waals surface area contributed by atoms with Gasteiger partial charge in [-0.2, -0.15) is 5.10 Å². The molecular weight excluding hydrogens is 418 g/mol. The second-order valence-electron chi connectivity index (χ2n) is 8.09. The third kappa shape index (κ3) is 5.41. The number of rotatable bonds is 6. The molecule has 0 amide bonds. The van der Waals surface area contributed by atoms with Gasteiger partial charge < -0.3 is 5.11 Å². The van der Waals surface area contributed by atoms with Gasteiger partial charge in [0.25, 0.3) is 0 Å². The van der Waals surface area contributed by atoms with E-state index in [1.165, 1.54) is 22.3 Å². The Labute approximate surface area is 203 Å². The zero-order valence-electron chi connectivity index (χ0n) is 20.5. The molecule has 1 aliphatic carbocycles. The van der Waals surface area contributed by atoms with Crippen LogP contribution in [0.5, 0.6) is 0 Å². The minimum absolute atomic E-state index is 0.852. The van der Waals surface area contributed by atoms with Crippen LogP contribution < -0.4 is 5.01 Å². The lowest BCUT2D eigenvalue weighted by molar-refractivity contribution is 0.399. The highest BCUT2D eigenvalue weighted by molar-refractivity contribution is 5.93. The van der Waals surface area contributed by atoms with Crippen LogP contribution in [-0.2, 0) is 6.42 Å². The van der Waals surface area contributed by atoms with Crippen molar-refractivity contribution in [3.05, 3.63) is 113 Å². The number of aliphatic hydroxyl groups is 1. The highest BCUT2D eigenvalue weighted by Crippen LogP contribution is 2.34. The Hall–Kier alpha value is -3.76. The number of hydrazone groups is 1. The first-order valence-electron chi connectivity index (χ1n) is 11.5. The average Bonchev–Trinajstić information content (AvgIpc) is 3.14. The summed E-state index contributed by atoms with van der Waals surface area (Å²) in [5.41, 5.74) is 9.04. The smallest absolute Gasteiger partial charge is 0.0761 e. The SMILES string of the molecule is C=NN(C(C1=CCC=C(c2ccccc2)C=C1)=C(C)C)c1ccnc2cc(CC)ccc12.CO. The monoisotopic (exact) mass is 451 g/mol. The number of hydrogen-bond donors (Lipinski definition) is 1. The molecule has 0 unspecified atom stereocenters. The molecule has 174 valence electrons. The number of anilines is 1. The molecule has 0 saturated heterocycles. The van der Waals surface area contributed by atoms with Gasteiger partial charge in [-0.05, 0) is 61.1 Å². The third-order valence-corrected chi connectivity index (χ3v) is 5.75. The second kappa shape index (κ2) is 11.9. The molecule has 3 aromatic rings. The standard InChI is InChI=1S/C29H29N3.CH4O/c1-5-22-14-17-26-27(20-22)31-19-18-28(26)32(30-4)29(21(2)3)25-13-9-12-24(15-16-25)23-10-7-6-8-11-23;1-2/h6-8,10-20H,4-5,9H2,1-3H3;2H,1H3. The van der Waals surface area contributed by atoms with Crippen LogP contribution >= 0.6 is 0 Å². The number of benzene rings is 2. The van der Waals surface area contributed by atoms with Crippen LogP contribution in [0.3, 0.4) is 0 Å². The van der Waals surface area contributed by atoms with Gasteiger partial charge in [0.05, 0.1) is 16.9 Å². The summed E-state index contributed by atoms with van der Waals surface area (Å²) >= 11 is 0. The van der Waals surface area contributed by atoms with E-state index in [0.717, 1.165) is 47.8 Å². The zero-order chi connectivity index (χ0) is 24.5. The summed E-state index contributed by atoms with van der Waals surface area (Å²) in [7, 11) is 1.00. The van der Waals surface area contributed by atoms with Crippen molar-refractivity contribution in [2.75, 3.05) is 12.1 Å². The summed E-state index contributed by atoms with van der Waals surface area (Å²) in [6.45, 7) is 10.3. The van der Waals surface area contributed by atoms with Gasteiger partial charge in [-0.1, -0.05) is 79.3 Å². The predicted molar refractivity (Wildman–Crippen MR) is 146 cm³/mol. The van der Waals surface area contributed by atoms with E-state index < -0.39 is 0 Å². The van der Waals surface area contributed by atoms with Gasteiger partial charge in [0.15, 0.2) is 0 Å². The van der Waals surface area contributed by atoms with Crippen LogP contribution in [0.15, 0.2) is 107 Å². The summed E-state index contributed by atoms with van der Waals surface area (Å²) in [6.07, 6.45) is 12.6. The molecule has 0 spiro atoms. The molecular formula is C30H33N3O. The summed E-state index contributed by atoms with van der Waals surface area (Å²) < 4.78 is 0. The van der Waals surface area contributed by atoms with Gasteiger partial charge in [-0.3, -0.25) is 4.98 Å². The lowest BCUT2D eigenvalue weighted by Gasteiger charge is -2.25. The summed E-state index contributed by atoms with van der Waals surface area (Å²) in [5, 5.41) is 14.5. The first-order valence-corrected chi connectivity index (χ1v) is 11.5. The largest absolute Gasteiger partial charge is 0.400 e.